The summed E-state index contributed by atoms with van der Waals surface area (Å²) in [5.74, 6) is 0.421. The Balaban J connectivity index is 1.96. The van der Waals surface area contributed by atoms with Crippen LogP contribution in [0, 0.1) is 0 Å². The van der Waals surface area contributed by atoms with Crippen LogP contribution in [0.5, 0.6) is 5.75 Å². The summed E-state index contributed by atoms with van der Waals surface area (Å²) in [6.45, 7) is 6.57. The number of ether oxygens (including phenoxy) is 2. The maximum atomic E-state index is 12.1. The topological polar surface area (TPSA) is 59.1 Å². The smallest absolute Gasteiger partial charge is 0.410 e. The molecule has 6 nitrogen and oxygen atoms in total. The van der Waals surface area contributed by atoms with E-state index in [9.17, 15) is 9.59 Å². The summed E-state index contributed by atoms with van der Waals surface area (Å²) in [4.78, 5) is 27.2. The highest BCUT2D eigenvalue weighted by Gasteiger charge is 2.31. The maximum absolute atomic E-state index is 12.1. The summed E-state index contributed by atoms with van der Waals surface area (Å²) in [5.41, 5.74) is -0.0842. The number of amides is 2. The van der Waals surface area contributed by atoms with Crippen LogP contribution in [0.2, 0.25) is 5.02 Å². The second-order valence-corrected chi connectivity index (χ2v) is 7.70. The minimum atomic E-state index is -0.516. The van der Waals surface area contributed by atoms with Crippen LogP contribution in [0.1, 0.15) is 37.6 Å². The molecule has 138 valence electrons. The van der Waals surface area contributed by atoms with Crippen molar-refractivity contribution in [3.8, 4) is 5.75 Å². The third kappa shape index (κ3) is 5.26. The first-order valence-corrected chi connectivity index (χ1v) is 8.60. The highest BCUT2D eigenvalue weighted by atomic mass is 35.5. The van der Waals surface area contributed by atoms with E-state index >= 15 is 0 Å². The van der Waals surface area contributed by atoms with Crippen molar-refractivity contribution in [1.82, 2.24) is 9.80 Å². The van der Waals surface area contributed by atoms with E-state index in [2.05, 4.69) is 0 Å². The van der Waals surface area contributed by atoms with Crippen molar-refractivity contribution in [3.63, 3.8) is 0 Å². The Morgan fingerprint density at radius 1 is 1.28 bits per heavy atom. The third-order valence-corrected chi connectivity index (χ3v) is 3.99. The molecule has 1 atom stereocenters. The van der Waals surface area contributed by atoms with E-state index in [0.717, 1.165) is 6.42 Å². The minimum absolute atomic E-state index is 0.126. The highest BCUT2D eigenvalue weighted by Crippen LogP contribution is 2.26. The molecule has 0 radical (unpaired) electrons. The number of halogens is 1. The van der Waals surface area contributed by atoms with Gasteiger partial charge in [-0.25, -0.2) is 4.79 Å². The molecule has 2 rings (SSSR count). The van der Waals surface area contributed by atoms with Crippen LogP contribution in [0.3, 0.4) is 0 Å². The van der Waals surface area contributed by atoms with Crippen LogP contribution in [0.25, 0.3) is 0 Å². The van der Waals surface area contributed by atoms with Gasteiger partial charge in [0, 0.05) is 27.1 Å². The van der Waals surface area contributed by atoms with E-state index in [1.54, 1.807) is 37.2 Å². The van der Waals surface area contributed by atoms with E-state index in [1.807, 2.05) is 20.8 Å². The molecule has 0 spiro atoms. The maximum Gasteiger partial charge on any atom is 0.410 e. The van der Waals surface area contributed by atoms with Gasteiger partial charge >= 0.3 is 6.09 Å². The molecule has 1 fully saturated rings. The van der Waals surface area contributed by atoms with E-state index in [-0.39, 0.29) is 18.1 Å². The molecule has 1 aliphatic heterocycles. The van der Waals surface area contributed by atoms with Crippen LogP contribution < -0.4 is 4.74 Å². The van der Waals surface area contributed by atoms with Gasteiger partial charge in [-0.05, 0) is 39.0 Å². The van der Waals surface area contributed by atoms with E-state index in [4.69, 9.17) is 21.1 Å². The van der Waals surface area contributed by atoms with E-state index in [0.29, 0.717) is 29.4 Å². The first-order valence-electron chi connectivity index (χ1n) is 8.22. The van der Waals surface area contributed by atoms with Crippen molar-refractivity contribution in [3.05, 3.63) is 28.8 Å². The van der Waals surface area contributed by atoms with Crippen molar-refractivity contribution >= 4 is 23.6 Å². The van der Waals surface area contributed by atoms with Crippen molar-refractivity contribution in [2.75, 3.05) is 27.2 Å². The fraction of sp³-hybridized carbons (Fsp3) is 0.556. The minimum Gasteiger partial charge on any atom is -0.488 e. The van der Waals surface area contributed by atoms with Crippen molar-refractivity contribution in [1.29, 1.82) is 0 Å². The summed E-state index contributed by atoms with van der Waals surface area (Å²) in [6, 6.07) is 5.01. The summed E-state index contributed by atoms with van der Waals surface area (Å²) in [5, 5.41) is 0.346. The molecule has 1 aromatic carbocycles. The lowest BCUT2D eigenvalue weighted by Crippen LogP contribution is -2.36. The van der Waals surface area contributed by atoms with Crippen LogP contribution in [-0.2, 0) is 4.74 Å². The van der Waals surface area contributed by atoms with Gasteiger partial charge in [0.25, 0.3) is 5.91 Å². The fourth-order valence-electron chi connectivity index (χ4n) is 2.49. The average Bonchev–Trinajstić information content (AvgIpc) is 2.93. The zero-order valence-corrected chi connectivity index (χ0v) is 16.1. The second-order valence-electron chi connectivity index (χ2n) is 7.30. The SMILES string of the molecule is CN(C)C(=O)c1ccc(O[C@H]2CCN(C(=O)OC(C)(C)C)C2)cc1Cl. The van der Waals surface area contributed by atoms with Crippen LogP contribution in [0.15, 0.2) is 18.2 Å². The predicted octanol–water partition coefficient (Wildman–Crippen LogP) is 3.43. The summed E-state index contributed by atoms with van der Waals surface area (Å²) in [6.07, 6.45) is 0.262. The van der Waals surface area contributed by atoms with Gasteiger partial charge in [-0.15, -0.1) is 0 Å². The number of likely N-dealkylation sites (tertiary alicyclic amines) is 1. The van der Waals surface area contributed by atoms with Crippen LogP contribution in [-0.4, -0.2) is 60.7 Å². The number of carbonyl (C=O) groups excluding carboxylic acids is 2. The molecule has 1 aromatic rings. The Morgan fingerprint density at radius 2 is 1.96 bits per heavy atom. The van der Waals surface area contributed by atoms with Gasteiger partial charge in [0.1, 0.15) is 17.5 Å². The monoisotopic (exact) mass is 368 g/mol. The molecular formula is C18H25ClN2O4. The molecule has 0 saturated carbocycles. The van der Waals surface area contributed by atoms with Gasteiger partial charge in [0.15, 0.2) is 0 Å². The second kappa shape index (κ2) is 7.52. The summed E-state index contributed by atoms with van der Waals surface area (Å²) < 4.78 is 11.3. The molecule has 25 heavy (non-hydrogen) atoms. The normalized spacial score (nSPS) is 17.4. The van der Waals surface area contributed by atoms with Gasteiger partial charge in [-0.2, -0.15) is 0 Å². The molecule has 1 heterocycles. The largest absolute Gasteiger partial charge is 0.488 e. The van der Waals surface area contributed by atoms with Crippen LogP contribution in [0.4, 0.5) is 4.79 Å². The number of carbonyl (C=O) groups is 2. The zero-order chi connectivity index (χ0) is 18.8. The first kappa shape index (κ1) is 19.4. The first-order chi connectivity index (χ1) is 11.6. The van der Waals surface area contributed by atoms with Crippen molar-refractivity contribution in [2.45, 2.75) is 38.9 Å². The molecule has 0 aliphatic carbocycles. The molecule has 2 amide bonds. The van der Waals surface area contributed by atoms with Gasteiger partial charge < -0.3 is 19.3 Å². The molecule has 1 saturated heterocycles. The summed E-state index contributed by atoms with van der Waals surface area (Å²) in [7, 11) is 3.35. The number of nitrogens with zero attached hydrogens (tertiary/aromatic N) is 2. The lowest BCUT2D eigenvalue weighted by Gasteiger charge is -2.24. The molecule has 7 heteroatoms. The molecule has 0 N–H and O–H groups in total. The number of hydrogen-bond donors (Lipinski definition) is 0. The number of benzene rings is 1. The van der Waals surface area contributed by atoms with Gasteiger partial charge in [0.2, 0.25) is 0 Å². The fourth-order valence-corrected chi connectivity index (χ4v) is 2.74. The number of rotatable bonds is 3. The molecule has 0 unspecified atom stereocenters. The average molecular weight is 369 g/mol. The molecular weight excluding hydrogens is 344 g/mol. The Morgan fingerprint density at radius 3 is 2.52 bits per heavy atom. The molecule has 0 aromatic heterocycles. The zero-order valence-electron chi connectivity index (χ0n) is 15.3. The Labute approximate surface area is 153 Å². The van der Waals surface area contributed by atoms with Crippen molar-refractivity contribution < 1.29 is 19.1 Å². The Kier molecular flexibility index (Phi) is 5.83. The van der Waals surface area contributed by atoms with Crippen LogP contribution >= 0.6 is 11.6 Å². The molecule has 0 bridgehead atoms. The Hall–Kier alpha value is -1.95. The van der Waals surface area contributed by atoms with Gasteiger partial charge in [-0.3, -0.25) is 4.79 Å². The predicted molar refractivity (Wildman–Crippen MR) is 96.3 cm³/mol. The highest BCUT2D eigenvalue weighted by molar-refractivity contribution is 6.34. The van der Waals surface area contributed by atoms with Gasteiger partial charge in [-0.1, -0.05) is 11.6 Å². The number of hydrogen-bond acceptors (Lipinski definition) is 4. The Bertz CT molecular complexity index is 655. The quantitative estimate of drug-likeness (QED) is 0.820. The standard InChI is InChI=1S/C18H25ClN2O4/c1-18(2,3)25-17(23)21-9-8-13(11-21)24-12-6-7-14(15(19)10-12)16(22)20(4)5/h6-7,10,13H,8-9,11H2,1-5H3/t13-/m0/s1. The molecule has 1 aliphatic rings. The van der Waals surface area contributed by atoms with E-state index < -0.39 is 5.60 Å². The van der Waals surface area contributed by atoms with Crippen molar-refractivity contribution in [2.24, 2.45) is 0 Å². The lowest BCUT2D eigenvalue weighted by atomic mass is 10.2. The lowest BCUT2D eigenvalue weighted by molar-refractivity contribution is 0.0275. The summed E-state index contributed by atoms with van der Waals surface area (Å²) >= 11 is 6.19. The van der Waals surface area contributed by atoms with Gasteiger partial charge in [0.05, 0.1) is 17.1 Å². The third-order valence-electron chi connectivity index (χ3n) is 3.68. The van der Waals surface area contributed by atoms with E-state index in [1.165, 1.54) is 4.90 Å².